The Morgan fingerprint density at radius 3 is 2.19 bits per heavy atom. The SMILES string of the molecule is COCOc1ccc([C@@H](O)[C@@H](C(=O)OC)N(C)S(=O)(=O)c2ccc([N+](=O)[O-])cc2)cc1. The van der Waals surface area contributed by atoms with Crippen molar-refractivity contribution in [3.05, 3.63) is 64.2 Å². The van der Waals surface area contributed by atoms with Crippen LogP contribution in [-0.2, 0) is 24.3 Å². The third-order valence-corrected chi connectivity index (χ3v) is 6.28. The summed E-state index contributed by atoms with van der Waals surface area (Å²) in [4.78, 5) is 22.2. The minimum absolute atomic E-state index is 0.0168. The van der Waals surface area contributed by atoms with Crippen LogP contribution in [0.4, 0.5) is 5.69 Å². The number of hydrogen-bond acceptors (Lipinski definition) is 9. The molecule has 2 atom stereocenters. The number of ether oxygens (including phenoxy) is 3. The molecule has 0 aliphatic heterocycles. The summed E-state index contributed by atoms with van der Waals surface area (Å²) in [6, 6.07) is 8.53. The van der Waals surface area contributed by atoms with Gasteiger partial charge in [0.15, 0.2) is 12.8 Å². The molecule has 2 rings (SSSR count). The Kier molecular flexibility index (Phi) is 8.05. The molecule has 0 radical (unpaired) electrons. The van der Waals surface area contributed by atoms with Gasteiger partial charge in [0.2, 0.25) is 10.0 Å². The summed E-state index contributed by atoms with van der Waals surface area (Å²) >= 11 is 0. The number of methoxy groups -OCH3 is 2. The van der Waals surface area contributed by atoms with Gasteiger partial charge in [-0.1, -0.05) is 12.1 Å². The molecule has 0 saturated carbocycles. The van der Waals surface area contributed by atoms with Crippen molar-refractivity contribution < 1.29 is 37.5 Å². The summed E-state index contributed by atoms with van der Waals surface area (Å²) in [5.74, 6) is -0.542. The largest absolute Gasteiger partial charge is 0.468 e. The molecule has 2 aromatic rings. The van der Waals surface area contributed by atoms with Gasteiger partial charge in [-0.2, -0.15) is 4.31 Å². The highest BCUT2D eigenvalue weighted by molar-refractivity contribution is 7.89. The number of carbonyl (C=O) groups excluding carboxylic acids is 1. The van der Waals surface area contributed by atoms with Gasteiger partial charge in [-0.25, -0.2) is 8.42 Å². The first-order valence-electron chi connectivity index (χ1n) is 8.83. The quantitative estimate of drug-likeness (QED) is 0.244. The third-order valence-electron chi connectivity index (χ3n) is 4.42. The summed E-state index contributed by atoms with van der Waals surface area (Å²) in [7, 11) is -0.667. The van der Waals surface area contributed by atoms with E-state index < -0.39 is 33.1 Å². The van der Waals surface area contributed by atoms with Gasteiger partial charge in [0.05, 0.1) is 16.9 Å². The van der Waals surface area contributed by atoms with Crippen molar-refractivity contribution in [1.29, 1.82) is 0 Å². The van der Waals surface area contributed by atoms with Gasteiger partial charge in [0.1, 0.15) is 11.9 Å². The molecule has 0 aliphatic rings. The Labute approximate surface area is 179 Å². The first-order valence-corrected chi connectivity index (χ1v) is 10.3. The zero-order valence-corrected chi connectivity index (χ0v) is 17.8. The highest BCUT2D eigenvalue weighted by atomic mass is 32.2. The van der Waals surface area contributed by atoms with E-state index in [1.807, 2.05) is 0 Å². The van der Waals surface area contributed by atoms with Gasteiger partial charge in [-0.3, -0.25) is 14.9 Å². The Morgan fingerprint density at radius 2 is 1.71 bits per heavy atom. The Morgan fingerprint density at radius 1 is 1.13 bits per heavy atom. The lowest BCUT2D eigenvalue weighted by Crippen LogP contribution is -2.46. The maximum atomic E-state index is 13.0. The van der Waals surface area contributed by atoms with Crippen LogP contribution in [0.1, 0.15) is 11.7 Å². The zero-order chi connectivity index (χ0) is 23.2. The van der Waals surface area contributed by atoms with Crippen LogP contribution in [0.2, 0.25) is 0 Å². The van der Waals surface area contributed by atoms with Gasteiger partial charge >= 0.3 is 5.97 Å². The van der Waals surface area contributed by atoms with Crippen LogP contribution in [0.15, 0.2) is 53.4 Å². The molecule has 0 aliphatic carbocycles. The van der Waals surface area contributed by atoms with Crippen molar-refractivity contribution in [2.75, 3.05) is 28.1 Å². The Bertz CT molecular complexity index is 1010. The highest BCUT2D eigenvalue weighted by Crippen LogP contribution is 2.28. The van der Waals surface area contributed by atoms with E-state index in [0.717, 1.165) is 38.4 Å². The van der Waals surface area contributed by atoms with Crippen molar-refractivity contribution in [3.63, 3.8) is 0 Å². The summed E-state index contributed by atoms with van der Waals surface area (Å²) in [5, 5.41) is 21.6. The van der Waals surface area contributed by atoms with Crippen molar-refractivity contribution in [2.24, 2.45) is 0 Å². The van der Waals surface area contributed by atoms with E-state index in [0.29, 0.717) is 10.1 Å². The standard InChI is InChI=1S/C19H22N2O9S/c1-20(31(26,27)16-10-6-14(7-11-16)21(24)25)17(19(23)29-3)18(22)13-4-8-15(9-5-13)30-12-28-2/h4-11,17-18,22H,12H2,1-3H3/t17-,18+/m0/s1. The number of nitro groups is 1. The molecule has 0 fully saturated rings. The maximum absolute atomic E-state index is 13.0. The molecule has 0 spiro atoms. The molecule has 0 bridgehead atoms. The number of esters is 1. The van der Waals surface area contributed by atoms with Crippen molar-refractivity contribution >= 4 is 21.7 Å². The fraction of sp³-hybridized carbons (Fsp3) is 0.316. The number of rotatable bonds is 10. The average Bonchev–Trinajstić information content (AvgIpc) is 2.77. The van der Waals surface area contributed by atoms with E-state index in [4.69, 9.17) is 14.2 Å². The second-order valence-corrected chi connectivity index (χ2v) is 8.30. The second kappa shape index (κ2) is 10.3. The van der Waals surface area contributed by atoms with Crippen LogP contribution < -0.4 is 4.74 Å². The molecule has 0 aromatic heterocycles. The molecular formula is C19H22N2O9S. The average molecular weight is 454 g/mol. The predicted octanol–water partition coefficient (Wildman–Crippen LogP) is 1.47. The van der Waals surface area contributed by atoms with Crippen molar-refractivity contribution in [1.82, 2.24) is 4.31 Å². The predicted molar refractivity (Wildman–Crippen MR) is 108 cm³/mol. The fourth-order valence-electron chi connectivity index (χ4n) is 2.72. The molecule has 0 saturated heterocycles. The number of aliphatic hydroxyl groups excluding tert-OH is 1. The fourth-order valence-corrected chi connectivity index (χ4v) is 4.04. The normalized spacial score (nSPS) is 13.5. The molecule has 12 heteroatoms. The first-order chi connectivity index (χ1) is 14.6. The van der Waals surface area contributed by atoms with Gasteiger partial charge in [-0.15, -0.1) is 0 Å². The van der Waals surface area contributed by atoms with Crippen LogP contribution in [-0.4, -0.2) is 62.8 Å². The number of carbonyl (C=O) groups is 1. The minimum Gasteiger partial charge on any atom is -0.468 e. The van der Waals surface area contributed by atoms with Crippen LogP contribution >= 0.6 is 0 Å². The number of non-ortho nitro benzene ring substituents is 1. The van der Waals surface area contributed by atoms with Crippen molar-refractivity contribution in [3.8, 4) is 5.75 Å². The summed E-state index contributed by atoms with van der Waals surface area (Å²) in [6.07, 6.45) is -1.57. The number of sulfonamides is 1. The molecule has 168 valence electrons. The number of nitrogens with zero attached hydrogens (tertiary/aromatic N) is 2. The minimum atomic E-state index is -4.30. The van der Waals surface area contributed by atoms with E-state index in [2.05, 4.69) is 0 Å². The van der Waals surface area contributed by atoms with E-state index in [9.17, 15) is 28.4 Å². The van der Waals surface area contributed by atoms with Gasteiger partial charge in [-0.05, 0) is 29.8 Å². The number of nitro benzene ring substituents is 1. The van der Waals surface area contributed by atoms with E-state index in [1.165, 1.54) is 31.4 Å². The highest BCUT2D eigenvalue weighted by Gasteiger charge is 2.39. The Balaban J connectivity index is 2.35. The van der Waals surface area contributed by atoms with Gasteiger partial charge in [0, 0.05) is 26.3 Å². The maximum Gasteiger partial charge on any atom is 0.327 e. The number of benzene rings is 2. The van der Waals surface area contributed by atoms with Crippen LogP contribution in [0.3, 0.4) is 0 Å². The van der Waals surface area contributed by atoms with Crippen molar-refractivity contribution in [2.45, 2.75) is 17.0 Å². The lowest BCUT2D eigenvalue weighted by Gasteiger charge is -2.29. The van der Waals surface area contributed by atoms with E-state index >= 15 is 0 Å². The molecular weight excluding hydrogens is 432 g/mol. The second-order valence-electron chi connectivity index (χ2n) is 6.30. The lowest BCUT2D eigenvalue weighted by molar-refractivity contribution is -0.384. The number of aliphatic hydroxyl groups is 1. The molecule has 31 heavy (non-hydrogen) atoms. The smallest absolute Gasteiger partial charge is 0.327 e. The summed E-state index contributed by atoms with van der Waals surface area (Å²) in [6.45, 7) is 0.0168. The monoisotopic (exact) mass is 454 g/mol. The van der Waals surface area contributed by atoms with Crippen LogP contribution in [0.5, 0.6) is 5.75 Å². The summed E-state index contributed by atoms with van der Waals surface area (Å²) in [5.41, 5.74) is -0.0483. The molecule has 1 N–H and O–H groups in total. The zero-order valence-electron chi connectivity index (χ0n) is 17.0. The Hall–Kier alpha value is -3.06. The number of likely N-dealkylation sites (N-methyl/N-ethyl adjacent to an activating group) is 1. The lowest BCUT2D eigenvalue weighted by atomic mass is 10.0. The topological polar surface area (TPSA) is 146 Å². The molecule has 0 amide bonds. The van der Waals surface area contributed by atoms with Crippen LogP contribution in [0, 0.1) is 10.1 Å². The molecule has 0 heterocycles. The molecule has 11 nitrogen and oxygen atoms in total. The van der Waals surface area contributed by atoms with E-state index in [1.54, 1.807) is 0 Å². The van der Waals surface area contributed by atoms with Crippen LogP contribution in [0.25, 0.3) is 0 Å². The van der Waals surface area contributed by atoms with E-state index in [-0.39, 0.29) is 22.9 Å². The van der Waals surface area contributed by atoms with Gasteiger partial charge < -0.3 is 19.3 Å². The molecule has 2 aromatic carbocycles. The summed E-state index contributed by atoms with van der Waals surface area (Å²) < 4.78 is 41.4. The first kappa shape index (κ1) is 24.2. The number of hydrogen-bond donors (Lipinski definition) is 1. The van der Waals surface area contributed by atoms with Gasteiger partial charge in [0.25, 0.3) is 5.69 Å². The molecule has 0 unspecified atom stereocenters. The third kappa shape index (κ3) is 5.55.